The zero-order valence-corrected chi connectivity index (χ0v) is 11.6. The predicted molar refractivity (Wildman–Crippen MR) is 77.5 cm³/mol. The Morgan fingerprint density at radius 2 is 1.80 bits per heavy atom. The summed E-state index contributed by atoms with van der Waals surface area (Å²) in [5.74, 6) is 0.391. The summed E-state index contributed by atoms with van der Waals surface area (Å²) in [6, 6.07) is 9.47. The zero-order valence-electron chi connectivity index (χ0n) is 10.1. The maximum absolute atomic E-state index is 12.2. The van der Waals surface area contributed by atoms with Crippen LogP contribution in [0.5, 0.6) is 11.5 Å². The Hall–Kier alpha value is -1.97. The number of phenolic OH excluding ortho intramolecular Hbond substituents is 1. The van der Waals surface area contributed by atoms with Crippen molar-refractivity contribution in [3.8, 4) is 11.5 Å². The Bertz CT molecular complexity index is 734. The molecule has 0 amide bonds. The van der Waals surface area contributed by atoms with Crippen molar-refractivity contribution >= 4 is 35.1 Å². The molecule has 1 heterocycles. The van der Waals surface area contributed by atoms with Gasteiger partial charge in [-0.2, -0.15) is 0 Å². The molecule has 0 fully saturated rings. The van der Waals surface area contributed by atoms with E-state index in [2.05, 4.69) is 0 Å². The van der Waals surface area contributed by atoms with Gasteiger partial charge < -0.3 is 9.84 Å². The molecule has 1 N–H and O–H groups in total. The quantitative estimate of drug-likeness (QED) is 0.798. The number of fused-ring (bicyclic) bond motifs is 1. The van der Waals surface area contributed by atoms with Gasteiger partial charge in [0.2, 0.25) is 5.78 Å². The second-order valence-electron chi connectivity index (χ2n) is 4.30. The van der Waals surface area contributed by atoms with E-state index in [9.17, 15) is 9.90 Å². The van der Waals surface area contributed by atoms with E-state index in [-0.39, 0.29) is 17.3 Å². The van der Waals surface area contributed by atoms with Gasteiger partial charge in [0.1, 0.15) is 5.75 Å². The minimum absolute atomic E-state index is 0.156. The normalized spacial score (nSPS) is 15.3. The lowest BCUT2D eigenvalue weighted by molar-refractivity contribution is 0.101. The van der Waals surface area contributed by atoms with Crippen molar-refractivity contribution in [3.05, 3.63) is 63.3 Å². The first-order valence-electron chi connectivity index (χ1n) is 5.77. The van der Waals surface area contributed by atoms with Crippen LogP contribution in [0.15, 0.2) is 42.2 Å². The fourth-order valence-corrected chi connectivity index (χ4v) is 2.47. The van der Waals surface area contributed by atoms with Crippen molar-refractivity contribution in [1.29, 1.82) is 0 Å². The Morgan fingerprint density at radius 3 is 2.50 bits per heavy atom. The number of rotatable bonds is 1. The summed E-state index contributed by atoms with van der Waals surface area (Å²) < 4.78 is 5.50. The highest BCUT2D eigenvalue weighted by Gasteiger charge is 2.29. The molecular weight excluding hydrogens is 299 g/mol. The van der Waals surface area contributed by atoms with Gasteiger partial charge >= 0.3 is 0 Å². The lowest BCUT2D eigenvalue weighted by Gasteiger charge is -2.01. The lowest BCUT2D eigenvalue weighted by atomic mass is 10.1. The number of hydrogen-bond donors (Lipinski definition) is 1. The maximum atomic E-state index is 12.2. The van der Waals surface area contributed by atoms with Crippen molar-refractivity contribution in [2.75, 3.05) is 0 Å². The lowest BCUT2D eigenvalue weighted by Crippen LogP contribution is -1.97. The molecule has 0 atom stereocenters. The molecule has 0 saturated carbocycles. The third-order valence-electron chi connectivity index (χ3n) is 2.88. The van der Waals surface area contributed by atoms with Gasteiger partial charge in [0, 0.05) is 5.02 Å². The highest BCUT2D eigenvalue weighted by Crippen LogP contribution is 2.40. The van der Waals surface area contributed by atoms with Gasteiger partial charge in [0.05, 0.1) is 10.6 Å². The Morgan fingerprint density at radius 1 is 1.10 bits per heavy atom. The summed E-state index contributed by atoms with van der Waals surface area (Å²) >= 11 is 11.9. The van der Waals surface area contributed by atoms with Gasteiger partial charge in [-0.25, -0.2) is 0 Å². The third kappa shape index (κ3) is 2.26. The summed E-state index contributed by atoms with van der Waals surface area (Å²) in [4.78, 5) is 12.2. The van der Waals surface area contributed by atoms with Crippen molar-refractivity contribution in [2.24, 2.45) is 0 Å². The van der Waals surface area contributed by atoms with E-state index in [1.54, 1.807) is 18.2 Å². The van der Waals surface area contributed by atoms with Crippen molar-refractivity contribution in [1.82, 2.24) is 0 Å². The van der Waals surface area contributed by atoms with E-state index >= 15 is 0 Å². The molecule has 0 unspecified atom stereocenters. The van der Waals surface area contributed by atoms with Crippen LogP contribution in [0, 0.1) is 0 Å². The average molecular weight is 307 g/mol. The van der Waals surface area contributed by atoms with E-state index in [1.165, 1.54) is 24.3 Å². The van der Waals surface area contributed by atoms with E-state index < -0.39 is 0 Å². The Balaban J connectivity index is 2.01. The number of phenols is 1. The molecule has 2 aromatic rings. The molecule has 0 spiro atoms. The largest absolute Gasteiger partial charge is 0.508 e. The van der Waals surface area contributed by atoms with Gasteiger partial charge in [0.15, 0.2) is 11.5 Å². The number of ketones is 1. The molecule has 1 aliphatic heterocycles. The van der Waals surface area contributed by atoms with Crippen LogP contribution >= 0.6 is 23.2 Å². The molecule has 1 aliphatic rings. The van der Waals surface area contributed by atoms with Crippen LogP contribution < -0.4 is 4.74 Å². The van der Waals surface area contributed by atoms with Crippen molar-refractivity contribution < 1.29 is 14.6 Å². The van der Waals surface area contributed by atoms with Crippen LogP contribution in [-0.4, -0.2) is 10.9 Å². The molecule has 2 aromatic carbocycles. The standard InChI is InChI=1S/C15H8Cl2O3/c16-9-6-11-14(19)13(20-15(11)12(17)7-9)5-8-1-3-10(18)4-2-8/h1-7,18H. The second-order valence-corrected chi connectivity index (χ2v) is 5.14. The highest BCUT2D eigenvalue weighted by molar-refractivity contribution is 6.37. The smallest absolute Gasteiger partial charge is 0.232 e. The number of aromatic hydroxyl groups is 1. The van der Waals surface area contributed by atoms with E-state index in [4.69, 9.17) is 27.9 Å². The minimum Gasteiger partial charge on any atom is -0.508 e. The zero-order chi connectivity index (χ0) is 14.3. The van der Waals surface area contributed by atoms with Crippen molar-refractivity contribution in [3.63, 3.8) is 0 Å². The van der Waals surface area contributed by atoms with Crippen LogP contribution in [0.4, 0.5) is 0 Å². The van der Waals surface area contributed by atoms with Crippen molar-refractivity contribution in [2.45, 2.75) is 0 Å². The fourth-order valence-electron chi connectivity index (χ4n) is 1.94. The Kier molecular flexibility index (Phi) is 3.16. The summed E-state index contributed by atoms with van der Waals surface area (Å²) in [6.45, 7) is 0. The SMILES string of the molecule is O=C1C(=Cc2ccc(O)cc2)Oc2c(Cl)cc(Cl)cc21. The van der Waals surface area contributed by atoms with Gasteiger partial charge in [-0.3, -0.25) is 4.79 Å². The van der Waals surface area contributed by atoms with E-state index in [0.29, 0.717) is 21.4 Å². The van der Waals surface area contributed by atoms with Crippen LogP contribution in [-0.2, 0) is 0 Å². The van der Waals surface area contributed by atoms with Crippen LogP contribution in [0.25, 0.3) is 6.08 Å². The number of hydrogen-bond acceptors (Lipinski definition) is 3. The maximum Gasteiger partial charge on any atom is 0.232 e. The van der Waals surface area contributed by atoms with Gasteiger partial charge in [-0.05, 0) is 35.9 Å². The number of benzene rings is 2. The van der Waals surface area contributed by atoms with Crippen LogP contribution in [0.1, 0.15) is 15.9 Å². The molecule has 5 heteroatoms. The molecule has 0 saturated heterocycles. The minimum atomic E-state index is -0.266. The highest BCUT2D eigenvalue weighted by atomic mass is 35.5. The van der Waals surface area contributed by atoms with Gasteiger partial charge in [-0.1, -0.05) is 35.3 Å². The molecule has 0 aliphatic carbocycles. The fraction of sp³-hybridized carbons (Fsp3) is 0. The number of Topliss-reactive ketones (excluding diaryl/α,β-unsaturated/α-hetero) is 1. The van der Waals surface area contributed by atoms with E-state index in [1.807, 2.05) is 0 Å². The Labute approximate surface area is 125 Å². The third-order valence-corrected chi connectivity index (χ3v) is 3.38. The summed E-state index contributed by atoms with van der Waals surface area (Å²) in [5.41, 5.74) is 1.09. The number of carbonyl (C=O) groups is 1. The molecule has 0 bridgehead atoms. The number of carbonyl (C=O) groups excluding carboxylic acids is 1. The molecular formula is C15H8Cl2O3. The number of halogens is 2. The average Bonchev–Trinajstić information content (AvgIpc) is 2.71. The second kappa shape index (κ2) is 4.85. The number of allylic oxidation sites excluding steroid dienone is 1. The monoisotopic (exact) mass is 306 g/mol. The number of ether oxygens (including phenoxy) is 1. The van der Waals surface area contributed by atoms with Crippen LogP contribution in [0.3, 0.4) is 0 Å². The first-order valence-corrected chi connectivity index (χ1v) is 6.52. The molecule has 3 rings (SSSR count). The topological polar surface area (TPSA) is 46.5 Å². The first-order chi connectivity index (χ1) is 9.54. The summed E-state index contributed by atoms with van der Waals surface area (Å²) in [5, 5.41) is 9.91. The summed E-state index contributed by atoms with van der Waals surface area (Å²) in [7, 11) is 0. The molecule has 0 radical (unpaired) electrons. The molecule has 0 aromatic heterocycles. The molecule has 20 heavy (non-hydrogen) atoms. The predicted octanol–water partition coefficient (Wildman–Crippen LogP) is 4.32. The molecule has 100 valence electrons. The van der Waals surface area contributed by atoms with Gasteiger partial charge in [0.25, 0.3) is 0 Å². The first kappa shape index (κ1) is 13.0. The van der Waals surface area contributed by atoms with Gasteiger partial charge in [-0.15, -0.1) is 0 Å². The summed E-state index contributed by atoms with van der Waals surface area (Å²) in [6.07, 6.45) is 1.59. The van der Waals surface area contributed by atoms with Crippen LogP contribution in [0.2, 0.25) is 10.0 Å². The molecule has 3 nitrogen and oxygen atoms in total. The van der Waals surface area contributed by atoms with E-state index in [0.717, 1.165) is 5.56 Å².